The van der Waals surface area contributed by atoms with Crippen LogP contribution in [0.3, 0.4) is 0 Å². The van der Waals surface area contributed by atoms with E-state index in [1.807, 2.05) is 13.0 Å². The minimum atomic E-state index is -0.769. The van der Waals surface area contributed by atoms with E-state index in [0.29, 0.717) is 0 Å². The van der Waals surface area contributed by atoms with Gasteiger partial charge in [-0.05, 0) is 6.42 Å². The Morgan fingerprint density at radius 2 is 2.11 bits per heavy atom. The van der Waals surface area contributed by atoms with E-state index in [9.17, 15) is 4.79 Å². The predicted molar refractivity (Wildman–Crippen MR) is 38.9 cm³/mol. The number of hydrogen-bond acceptors (Lipinski definition) is 1. The maximum absolute atomic E-state index is 9.82. The molecule has 0 radical (unpaired) electrons. The molecule has 0 aliphatic carbocycles. The summed E-state index contributed by atoms with van der Waals surface area (Å²) in [5.74, 6) is -0.769. The molecule has 0 aliphatic rings. The third-order valence-corrected chi connectivity index (χ3v) is 0.695. The van der Waals surface area contributed by atoms with Gasteiger partial charge in [0.05, 0.1) is 6.42 Å². The van der Waals surface area contributed by atoms with E-state index >= 15 is 0 Å². The van der Waals surface area contributed by atoms with Gasteiger partial charge in [0.25, 0.3) is 0 Å². The predicted octanol–water partition coefficient (Wildman–Crippen LogP) is 1.85. The fourth-order valence-electron chi connectivity index (χ4n) is 0.351. The second-order valence-electron chi connectivity index (χ2n) is 1.48. The Bertz CT molecular complexity index is 99.2. The summed E-state index contributed by atoms with van der Waals surface area (Å²) in [4.78, 5) is 9.82. The van der Waals surface area contributed by atoms with Gasteiger partial charge in [-0.3, -0.25) is 4.79 Å². The lowest BCUT2D eigenvalue weighted by molar-refractivity contribution is -0.136. The molecule has 0 bridgehead atoms. The van der Waals surface area contributed by atoms with E-state index in [-0.39, 0.29) is 18.8 Å². The Morgan fingerprint density at radius 3 is 2.44 bits per heavy atom. The maximum Gasteiger partial charge on any atom is 0.307 e. The largest absolute Gasteiger partial charge is 0.481 e. The van der Waals surface area contributed by atoms with Gasteiger partial charge in [-0.25, -0.2) is 0 Å². The summed E-state index contributed by atoms with van der Waals surface area (Å²) in [5, 5.41) is 8.09. The maximum atomic E-state index is 9.82. The Balaban J connectivity index is 0. The first-order valence-corrected chi connectivity index (χ1v) is 2.64. The van der Waals surface area contributed by atoms with Crippen molar-refractivity contribution in [2.45, 2.75) is 19.8 Å². The number of hydrogen-bond donors (Lipinski definition) is 1. The Labute approximate surface area is 61.0 Å². The van der Waals surface area contributed by atoms with Crippen molar-refractivity contribution in [3.63, 3.8) is 0 Å². The highest BCUT2D eigenvalue weighted by Crippen LogP contribution is 1.84. The van der Waals surface area contributed by atoms with Gasteiger partial charge in [0.1, 0.15) is 0 Å². The summed E-state index contributed by atoms with van der Waals surface area (Å²) in [5.41, 5.74) is 0. The molecule has 1 N–H and O–H groups in total. The molecule has 0 aliphatic heterocycles. The fraction of sp³-hybridized carbons (Fsp3) is 0.500. The van der Waals surface area contributed by atoms with Crippen molar-refractivity contribution in [2.75, 3.05) is 0 Å². The van der Waals surface area contributed by atoms with E-state index in [0.717, 1.165) is 6.42 Å². The van der Waals surface area contributed by atoms with Gasteiger partial charge >= 0.3 is 5.97 Å². The van der Waals surface area contributed by atoms with Gasteiger partial charge < -0.3 is 5.11 Å². The van der Waals surface area contributed by atoms with Crippen molar-refractivity contribution < 1.29 is 9.90 Å². The van der Waals surface area contributed by atoms with Gasteiger partial charge in [0.2, 0.25) is 0 Å². The molecule has 0 fully saturated rings. The molecule has 0 rings (SSSR count). The number of aliphatic carboxylic acids is 1. The first kappa shape index (κ1) is 11.3. The van der Waals surface area contributed by atoms with Crippen LogP contribution in [0.4, 0.5) is 0 Å². The van der Waals surface area contributed by atoms with Crippen LogP contribution in [-0.4, -0.2) is 11.1 Å². The average Bonchev–Trinajstić information content (AvgIpc) is 1.66. The summed E-state index contributed by atoms with van der Waals surface area (Å²) < 4.78 is 0. The van der Waals surface area contributed by atoms with E-state index in [2.05, 4.69) is 0 Å². The van der Waals surface area contributed by atoms with Crippen LogP contribution in [0.1, 0.15) is 19.8 Å². The highest BCUT2D eigenvalue weighted by molar-refractivity contribution is 5.85. The lowest BCUT2D eigenvalue weighted by Gasteiger charge is -1.80. The molecule has 0 spiro atoms. The number of rotatable bonds is 3. The zero-order chi connectivity index (χ0) is 6.41. The molecular formula is C6H11ClO2. The molecule has 0 aromatic heterocycles. The van der Waals surface area contributed by atoms with Crippen LogP contribution >= 0.6 is 12.4 Å². The van der Waals surface area contributed by atoms with Crippen LogP contribution < -0.4 is 0 Å². The fourth-order valence-corrected chi connectivity index (χ4v) is 0.351. The number of carboxylic acids is 1. The van der Waals surface area contributed by atoms with E-state index in [4.69, 9.17) is 5.11 Å². The number of carbonyl (C=O) groups is 1. The third kappa shape index (κ3) is 11.2. The monoisotopic (exact) mass is 150 g/mol. The molecule has 0 aromatic rings. The average molecular weight is 151 g/mol. The molecule has 0 amide bonds. The lowest BCUT2D eigenvalue weighted by Crippen LogP contribution is -1.89. The molecule has 2 nitrogen and oxygen atoms in total. The number of carboxylic acid groups (broad SMARTS) is 1. The molecule has 0 heterocycles. The van der Waals surface area contributed by atoms with Crippen molar-refractivity contribution in [1.82, 2.24) is 0 Å². The minimum absolute atomic E-state index is 0. The summed E-state index contributed by atoms with van der Waals surface area (Å²) in [6.07, 6.45) is 4.55. The molecule has 0 atom stereocenters. The van der Waals surface area contributed by atoms with Crippen LogP contribution in [-0.2, 0) is 4.79 Å². The summed E-state index contributed by atoms with van der Waals surface area (Å²) in [6.45, 7) is 1.97. The molecule has 9 heavy (non-hydrogen) atoms. The quantitative estimate of drug-likeness (QED) is 0.624. The van der Waals surface area contributed by atoms with E-state index in [1.54, 1.807) is 6.08 Å². The Hall–Kier alpha value is -0.500. The molecular weight excluding hydrogens is 140 g/mol. The standard InChI is InChI=1S/C6H10O2.ClH/c1-2-3-4-5-6(7)8;/h3-4H,2,5H2,1H3,(H,7,8);1H/b4-3+;. The molecule has 0 saturated heterocycles. The summed E-state index contributed by atoms with van der Waals surface area (Å²) in [6, 6.07) is 0. The van der Waals surface area contributed by atoms with Gasteiger partial charge in [-0.1, -0.05) is 19.1 Å². The van der Waals surface area contributed by atoms with Crippen LogP contribution in [0, 0.1) is 0 Å². The van der Waals surface area contributed by atoms with Crippen molar-refractivity contribution in [2.24, 2.45) is 0 Å². The zero-order valence-electron chi connectivity index (χ0n) is 5.33. The van der Waals surface area contributed by atoms with Crippen molar-refractivity contribution in [3.8, 4) is 0 Å². The van der Waals surface area contributed by atoms with E-state index < -0.39 is 5.97 Å². The highest BCUT2D eigenvalue weighted by atomic mass is 35.5. The second kappa shape index (κ2) is 7.50. The van der Waals surface area contributed by atoms with Crippen LogP contribution in [0.15, 0.2) is 12.2 Å². The number of halogens is 1. The van der Waals surface area contributed by atoms with Crippen molar-refractivity contribution in [1.29, 1.82) is 0 Å². The Kier molecular flexibility index (Phi) is 9.43. The first-order valence-electron chi connectivity index (χ1n) is 2.64. The van der Waals surface area contributed by atoms with Gasteiger partial charge in [0.15, 0.2) is 0 Å². The van der Waals surface area contributed by atoms with Crippen molar-refractivity contribution in [3.05, 3.63) is 12.2 Å². The SMILES string of the molecule is CC/C=C/CC(=O)O.Cl. The van der Waals surface area contributed by atoms with Gasteiger partial charge in [-0.2, -0.15) is 0 Å². The molecule has 0 unspecified atom stereocenters. The summed E-state index contributed by atoms with van der Waals surface area (Å²) >= 11 is 0. The van der Waals surface area contributed by atoms with Crippen LogP contribution in [0.25, 0.3) is 0 Å². The molecule has 3 heteroatoms. The highest BCUT2D eigenvalue weighted by Gasteiger charge is 1.86. The number of allylic oxidation sites excluding steroid dienone is 1. The van der Waals surface area contributed by atoms with Gasteiger partial charge in [-0.15, -0.1) is 12.4 Å². The Morgan fingerprint density at radius 1 is 1.56 bits per heavy atom. The molecule has 0 saturated carbocycles. The summed E-state index contributed by atoms with van der Waals surface area (Å²) in [7, 11) is 0. The van der Waals surface area contributed by atoms with Crippen LogP contribution in [0.5, 0.6) is 0 Å². The lowest BCUT2D eigenvalue weighted by atomic mass is 10.3. The topological polar surface area (TPSA) is 37.3 Å². The smallest absolute Gasteiger partial charge is 0.307 e. The second-order valence-corrected chi connectivity index (χ2v) is 1.48. The van der Waals surface area contributed by atoms with Gasteiger partial charge in [0, 0.05) is 0 Å². The normalized spacial score (nSPS) is 9.00. The van der Waals surface area contributed by atoms with Crippen LogP contribution in [0.2, 0.25) is 0 Å². The third-order valence-electron chi connectivity index (χ3n) is 0.695. The van der Waals surface area contributed by atoms with E-state index in [1.165, 1.54) is 0 Å². The molecule has 0 aromatic carbocycles. The minimum Gasteiger partial charge on any atom is -0.481 e. The van der Waals surface area contributed by atoms with Crippen molar-refractivity contribution >= 4 is 18.4 Å². The first-order chi connectivity index (χ1) is 3.77. The zero-order valence-corrected chi connectivity index (χ0v) is 6.15. The molecule has 54 valence electrons.